The number of amides is 1. The van der Waals surface area contributed by atoms with E-state index in [1.807, 2.05) is 13.0 Å². The minimum atomic E-state index is -0.653. The SMILES string of the molecule is COC[C@@H](C)NC(=O)[C@@H]1CC(c2cc(OC)ccc2OC)=NO1. The number of nitrogens with one attached hydrogen (secondary N) is 1. The zero-order chi connectivity index (χ0) is 16.8. The van der Waals surface area contributed by atoms with Crippen molar-refractivity contribution in [1.82, 2.24) is 5.32 Å². The fourth-order valence-corrected chi connectivity index (χ4v) is 2.34. The maximum atomic E-state index is 12.2. The molecule has 1 heterocycles. The molecule has 0 saturated carbocycles. The van der Waals surface area contributed by atoms with Gasteiger partial charge >= 0.3 is 0 Å². The molecular weight excluding hydrogens is 300 g/mol. The van der Waals surface area contributed by atoms with Crippen LogP contribution in [0.15, 0.2) is 23.4 Å². The first kappa shape index (κ1) is 17.1. The molecule has 0 aromatic heterocycles. The number of oxime groups is 1. The maximum absolute atomic E-state index is 12.2. The minimum absolute atomic E-state index is 0.0912. The van der Waals surface area contributed by atoms with Crippen LogP contribution < -0.4 is 14.8 Å². The maximum Gasteiger partial charge on any atom is 0.264 e. The largest absolute Gasteiger partial charge is 0.497 e. The highest BCUT2D eigenvalue weighted by molar-refractivity contribution is 6.06. The lowest BCUT2D eigenvalue weighted by Crippen LogP contribution is -2.42. The van der Waals surface area contributed by atoms with Crippen molar-refractivity contribution in [1.29, 1.82) is 0 Å². The summed E-state index contributed by atoms with van der Waals surface area (Å²) in [5, 5.41) is 6.86. The Bertz CT molecular complexity index is 588. The van der Waals surface area contributed by atoms with E-state index in [2.05, 4.69) is 10.5 Å². The smallest absolute Gasteiger partial charge is 0.264 e. The van der Waals surface area contributed by atoms with E-state index in [1.165, 1.54) is 0 Å². The fourth-order valence-electron chi connectivity index (χ4n) is 2.34. The molecule has 0 fully saturated rings. The van der Waals surface area contributed by atoms with Gasteiger partial charge in [-0.15, -0.1) is 0 Å². The Morgan fingerprint density at radius 3 is 2.83 bits per heavy atom. The van der Waals surface area contributed by atoms with E-state index in [9.17, 15) is 4.79 Å². The van der Waals surface area contributed by atoms with Crippen molar-refractivity contribution in [3.05, 3.63) is 23.8 Å². The summed E-state index contributed by atoms with van der Waals surface area (Å²) < 4.78 is 15.6. The van der Waals surface area contributed by atoms with Gasteiger partial charge in [0.15, 0.2) is 0 Å². The second-order valence-corrected chi connectivity index (χ2v) is 5.27. The summed E-state index contributed by atoms with van der Waals surface area (Å²) in [5.74, 6) is 1.13. The molecule has 7 nitrogen and oxygen atoms in total. The number of carbonyl (C=O) groups excluding carboxylic acids is 1. The predicted octanol–water partition coefficient (Wildman–Crippen LogP) is 1.35. The molecule has 2 rings (SSSR count). The summed E-state index contributed by atoms with van der Waals surface area (Å²) in [5.41, 5.74) is 1.41. The van der Waals surface area contributed by atoms with Crippen LogP contribution in [0.5, 0.6) is 11.5 Å². The Morgan fingerprint density at radius 2 is 2.17 bits per heavy atom. The van der Waals surface area contributed by atoms with Crippen LogP contribution in [0.25, 0.3) is 0 Å². The number of ether oxygens (including phenoxy) is 3. The van der Waals surface area contributed by atoms with Crippen LogP contribution in [0.1, 0.15) is 18.9 Å². The molecule has 1 aliphatic heterocycles. The summed E-state index contributed by atoms with van der Waals surface area (Å²) in [6, 6.07) is 5.32. The van der Waals surface area contributed by atoms with Crippen molar-refractivity contribution in [2.45, 2.75) is 25.5 Å². The number of hydrogen-bond donors (Lipinski definition) is 1. The molecule has 0 bridgehead atoms. The second-order valence-electron chi connectivity index (χ2n) is 5.27. The van der Waals surface area contributed by atoms with Gasteiger partial charge in [-0.2, -0.15) is 0 Å². The van der Waals surface area contributed by atoms with E-state index in [4.69, 9.17) is 19.0 Å². The third-order valence-electron chi connectivity index (χ3n) is 3.48. The Labute approximate surface area is 135 Å². The standard InChI is InChI=1S/C16H22N2O5/c1-10(9-20-2)17-16(19)15-8-13(18-23-15)12-7-11(21-3)5-6-14(12)22-4/h5-7,10,15H,8-9H2,1-4H3,(H,17,19)/t10-,15+/m1/s1. The molecule has 126 valence electrons. The monoisotopic (exact) mass is 322 g/mol. The first-order chi connectivity index (χ1) is 11.1. The predicted molar refractivity (Wildman–Crippen MR) is 85.1 cm³/mol. The average molecular weight is 322 g/mol. The van der Waals surface area contributed by atoms with Gasteiger partial charge in [0.2, 0.25) is 6.10 Å². The second kappa shape index (κ2) is 7.82. The number of nitrogens with zero attached hydrogens (tertiary/aromatic N) is 1. The lowest BCUT2D eigenvalue weighted by atomic mass is 10.0. The van der Waals surface area contributed by atoms with Gasteiger partial charge in [-0.05, 0) is 25.1 Å². The lowest BCUT2D eigenvalue weighted by Gasteiger charge is -2.15. The molecule has 1 N–H and O–H groups in total. The molecule has 7 heteroatoms. The number of rotatable bonds is 7. The van der Waals surface area contributed by atoms with Gasteiger partial charge in [0.1, 0.15) is 11.5 Å². The minimum Gasteiger partial charge on any atom is -0.497 e. The van der Waals surface area contributed by atoms with Gasteiger partial charge in [-0.1, -0.05) is 5.16 Å². The van der Waals surface area contributed by atoms with E-state index >= 15 is 0 Å². The van der Waals surface area contributed by atoms with Gasteiger partial charge < -0.3 is 24.4 Å². The van der Waals surface area contributed by atoms with Crippen molar-refractivity contribution >= 4 is 11.6 Å². The number of benzene rings is 1. The number of hydrogen-bond acceptors (Lipinski definition) is 6. The summed E-state index contributed by atoms with van der Waals surface area (Å²) >= 11 is 0. The number of carbonyl (C=O) groups is 1. The summed E-state index contributed by atoms with van der Waals surface area (Å²) in [7, 11) is 4.76. The molecule has 0 radical (unpaired) electrons. The first-order valence-corrected chi connectivity index (χ1v) is 7.33. The van der Waals surface area contributed by atoms with Crippen molar-refractivity contribution in [2.75, 3.05) is 27.9 Å². The molecule has 2 atom stereocenters. The average Bonchev–Trinajstić information content (AvgIpc) is 3.04. The fraction of sp³-hybridized carbons (Fsp3) is 0.500. The molecule has 0 aliphatic carbocycles. The van der Waals surface area contributed by atoms with E-state index in [0.29, 0.717) is 30.2 Å². The van der Waals surface area contributed by atoms with Crippen molar-refractivity contribution in [2.24, 2.45) is 5.16 Å². The van der Waals surface area contributed by atoms with Gasteiger partial charge in [-0.3, -0.25) is 4.79 Å². The highest BCUT2D eigenvalue weighted by Gasteiger charge is 2.31. The molecule has 1 aromatic carbocycles. The van der Waals surface area contributed by atoms with Crippen LogP contribution in [-0.2, 0) is 14.4 Å². The van der Waals surface area contributed by atoms with Crippen molar-refractivity contribution in [3.8, 4) is 11.5 Å². The Kier molecular flexibility index (Phi) is 5.81. The van der Waals surface area contributed by atoms with E-state index in [0.717, 1.165) is 5.56 Å². The molecule has 23 heavy (non-hydrogen) atoms. The topological polar surface area (TPSA) is 78.4 Å². The van der Waals surface area contributed by atoms with Crippen LogP contribution in [-0.4, -0.2) is 51.7 Å². The highest BCUT2D eigenvalue weighted by Crippen LogP contribution is 2.28. The molecular formula is C16H22N2O5. The van der Waals surface area contributed by atoms with Gasteiger partial charge in [-0.25, -0.2) is 0 Å². The quantitative estimate of drug-likeness (QED) is 0.820. The zero-order valence-corrected chi connectivity index (χ0v) is 13.8. The lowest BCUT2D eigenvalue weighted by molar-refractivity contribution is -0.132. The Balaban J connectivity index is 2.06. The van der Waals surface area contributed by atoms with Gasteiger partial charge in [0.25, 0.3) is 5.91 Å². The van der Waals surface area contributed by atoms with E-state index in [1.54, 1.807) is 33.5 Å². The van der Waals surface area contributed by atoms with Gasteiger partial charge in [0, 0.05) is 25.1 Å². The molecule has 1 amide bonds. The zero-order valence-electron chi connectivity index (χ0n) is 13.8. The summed E-state index contributed by atoms with van der Waals surface area (Å²) in [6.45, 7) is 2.30. The van der Waals surface area contributed by atoms with E-state index < -0.39 is 6.10 Å². The van der Waals surface area contributed by atoms with Crippen LogP contribution in [0.2, 0.25) is 0 Å². The van der Waals surface area contributed by atoms with Crippen LogP contribution in [0.4, 0.5) is 0 Å². The normalized spacial score (nSPS) is 17.9. The Morgan fingerprint density at radius 1 is 1.39 bits per heavy atom. The highest BCUT2D eigenvalue weighted by atomic mass is 16.6. The van der Waals surface area contributed by atoms with Crippen LogP contribution in [0.3, 0.4) is 0 Å². The number of methoxy groups -OCH3 is 3. The molecule has 0 spiro atoms. The van der Waals surface area contributed by atoms with E-state index in [-0.39, 0.29) is 11.9 Å². The van der Waals surface area contributed by atoms with Crippen LogP contribution >= 0.6 is 0 Å². The third-order valence-corrected chi connectivity index (χ3v) is 3.48. The molecule has 1 aromatic rings. The summed E-state index contributed by atoms with van der Waals surface area (Å²) in [4.78, 5) is 17.4. The first-order valence-electron chi connectivity index (χ1n) is 7.33. The molecule has 0 saturated heterocycles. The van der Waals surface area contributed by atoms with Crippen molar-refractivity contribution < 1.29 is 23.8 Å². The molecule has 0 unspecified atom stereocenters. The van der Waals surface area contributed by atoms with Crippen LogP contribution in [0, 0.1) is 0 Å². The van der Waals surface area contributed by atoms with Gasteiger partial charge in [0.05, 0.1) is 26.5 Å². The Hall–Kier alpha value is -2.28. The third kappa shape index (κ3) is 4.13. The van der Waals surface area contributed by atoms with Crippen molar-refractivity contribution in [3.63, 3.8) is 0 Å². The molecule has 1 aliphatic rings. The summed E-state index contributed by atoms with van der Waals surface area (Å²) in [6.07, 6.45) is -0.282.